The number of nitrogens with one attached hydrogen (secondary N) is 3. The zero-order valence-electron chi connectivity index (χ0n) is 14.4. The van der Waals surface area contributed by atoms with Crippen molar-refractivity contribution in [1.82, 2.24) is 20.3 Å². The number of hydrogen-bond donors (Lipinski definition) is 3. The second kappa shape index (κ2) is 7.55. The van der Waals surface area contributed by atoms with E-state index in [9.17, 15) is 22.8 Å². The number of fused-ring (bicyclic) bond motifs is 1. The quantitative estimate of drug-likeness (QED) is 0.596. The molecule has 0 radical (unpaired) electrons. The average molecular weight is 415 g/mol. The third kappa shape index (κ3) is 4.63. The minimum atomic E-state index is -4.53. The summed E-state index contributed by atoms with van der Waals surface area (Å²) < 4.78 is 41.1. The summed E-state index contributed by atoms with van der Waals surface area (Å²) in [4.78, 5) is 32.6. The van der Waals surface area contributed by atoms with Crippen LogP contribution in [0.1, 0.15) is 28.9 Å². The SMILES string of the molecule is CC(NC(=O)c1cnc(OCC(F)(F)F)c(Cl)c1)c1ccc2[nH]c(=O)[nH]c2c1. The highest BCUT2D eigenvalue weighted by Gasteiger charge is 2.29. The van der Waals surface area contributed by atoms with E-state index in [1.807, 2.05) is 0 Å². The molecule has 0 bridgehead atoms. The van der Waals surface area contributed by atoms with E-state index in [-0.39, 0.29) is 16.3 Å². The number of aromatic amines is 2. The lowest BCUT2D eigenvalue weighted by Crippen LogP contribution is -2.27. The first-order valence-corrected chi connectivity index (χ1v) is 8.38. The van der Waals surface area contributed by atoms with Crippen LogP contribution in [0.25, 0.3) is 11.0 Å². The zero-order valence-corrected chi connectivity index (χ0v) is 15.1. The first kappa shape index (κ1) is 19.7. The van der Waals surface area contributed by atoms with Crippen molar-refractivity contribution in [2.24, 2.45) is 0 Å². The first-order chi connectivity index (χ1) is 13.1. The van der Waals surface area contributed by atoms with Gasteiger partial charge in [0.05, 0.1) is 22.6 Å². The molecule has 0 aliphatic rings. The molecule has 2 aromatic heterocycles. The first-order valence-electron chi connectivity index (χ1n) is 8.00. The molecule has 0 aliphatic heterocycles. The molecule has 7 nitrogen and oxygen atoms in total. The number of carbonyl (C=O) groups is 1. The third-order valence-corrected chi connectivity index (χ3v) is 4.10. The third-order valence-electron chi connectivity index (χ3n) is 3.83. The van der Waals surface area contributed by atoms with Gasteiger partial charge in [-0.2, -0.15) is 13.2 Å². The van der Waals surface area contributed by atoms with Gasteiger partial charge in [-0.3, -0.25) is 4.79 Å². The topological polar surface area (TPSA) is 99.9 Å². The molecular formula is C17H14ClF3N4O3. The van der Waals surface area contributed by atoms with Gasteiger partial charge in [0, 0.05) is 6.20 Å². The fraction of sp³-hybridized carbons (Fsp3) is 0.235. The van der Waals surface area contributed by atoms with Crippen LogP contribution in [-0.2, 0) is 0 Å². The van der Waals surface area contributed by atoms with Crippen LogP contribution in [0.5, 0.6) is 5.88 Å². The number of amides is 1. The fourth-order valence-electron chi connectivity index (χ4n) is 2.49. The van der Waals surface area contributed by atoms with Gasteiger partial charge in [0.15, 0.2) is 6.61 Å². The number of ether oxygens (including phenoxy) is 1. The van der Waals surface area contributed by atoms with E-state index >= 15 is 0 Å². The Morgan fingerprint density at radius 3 is 2.68 bits per heavy atom. The zero-order chi connectivity index (χ0) is 20.5. The second-order valence-corrected chi connectivity index (χ2v) is 6.40. The predicted octanol–water partition coefficient (Wildman–Crippen LogP) is 3.34. The molecule has 1 aromatic carbocycles. The Labute approximate surface area is 160 Å². The normalized spacial score (nSPS) is 12.8. The number of carbonyl (C=O) groups excluding carboxylic acids is 1. The minimum Gasteiger partial charge on any atom is -0.467 e. The molecule has 148 valence electrons. The largest absolute Gasteiger partial charge is 0.467 e. The summed E-state index contributed by atoms with van der Waals surface area (Å²) in [6, 6.07) is 5.93. The van der Waals surface area contributed by atoms with Crippen molar-refractivity contribution in [3.8, 4) is 5.88 Å². The molecule has 0 fully saturated rings. The van der Waals surface area contributed by atoms with Gasteiger partial charge in [0.2, 0.25) is 5.88 Å². The number of pyridine rings is 1. The van der Waals surface area contributed by atoms with Crippen molar-refractivity contribution in [3.63, 3.8) is 0 Å². The van der Waals surface area contributed by atoms with Gasteiger partial charge >= 0.3 is 11.9 Å². The Hall–Kier alpha value is -3.01. The molecule has 1 unspecified atom stereocenters. The molecule has 0 saturated heterocycles. The lowest BCUT2D eigenvalue weighted by Gasteiger charge is -2.15. The number of alkyl halides is 3. The molecule has 3 N–H and O–H groups in total. The molecule has 0 saturated carbocycles. The maximum Gasteiger partial charge on any atom is 0.422 e. The van der Waals surface area contributed by atoms with Crippen LogP contribution in [0.15, 0.2) is 35.3 Å². The van der Waals surface area contributed by atoms with E-state index in [4.69, 9.17) is 11.6 Å². The Kier molecular flexibility index (Phi) is 5.32. The Morgan fingerprint density at radius 2 is 2.00 bits per heavy atom. The number of rotatable bonds is 5. The van der Waals surface area contributed by atoms with Gasteiger partial charge in [0.25, 0.3) is 5.91 Å². The van der Waals surface area contributed by atoms with Crippen LogP contribution in [0.3, 0.4) is 0 Å². The summed E-state index contributed by atoms with van der Waals surface area (Å²) in [5.74, 6) is -0.933. The number of imidazole rings is 1. The van der Waals surface area contributed by atoms with Crippen LogP contribution in [0.4, 0.5) is 13.2 Å². The smallest absolute Gasteiger partial charge is 0.422 e. The predicted molar refractivity (Wildman–Crippen MR) is 95.6 cm³/mol. The standard InChI is InChI=1S/C17H14ClF3N4O3/c1-8(9-2-3-12-13(5-9)25-16(27)24-12)23-14(26)10-4-11(18)15(22-6-10)28-7-17(19,20)21/h2-6,8H,7H2,1H3,(H,23,26)(H2,24,25,27). The van der Waals surface area contributed by atoms with E-state index in [1.165, 1.54) is 6.07 Å². The molecule has 11 heteroatoms. The monoisotopic (exact) mass is 414 g/mol. The summed E-state index contributed by atoms with van der Waals surface area (Å²) >= 11 is 5.85. The van der Waals surface area contributed by atoms with Gasteiger partial charge in [0.1, 0.15) is 5.02 Å². The number of hydrogen-bond acceptors (Lipinski definition) is 4. The highest BCUT2D eigenvalue weighted by molar-refractivity contribution is 6.32. The summed E-state index contributed by atoms with van der Waals surface area (Å²) in [6.07, 6.45) is -3.45. The van der Waals surface area contributed by atoms with Crippen molar-refractivity contribution in [3.05, 3.63) is 57.1 Å². The number of benzene rings is 1. The van der Waals surface area contributed by atoms with Crippen molar-refractivity contribution in [1.29, 1.82) is 0 Å². The summed E-state index contributed by atoms with van der Waals surface area (Å²) in [5, 5.41) is 2.51. The van der Waals surface area contributed by atoms with Crippen LogP contribution >= 0.6 is 11.6 Å². The molecule has 1 amide bonds. The molecule has 3 aromatic rings. The molecule has 3 rings (SSSR count). The van der Waals surface area contributed by atoms with Crippen LogP contribution in [0, 0.1) is 0 Å². The van der Waals surface area contributed by atoms with Gasteiger partial charge in [-0.1, -0.05) is 17.7 Å². The van der Waals surface area contributed by atoms with Gasteiger partial charge < -0.3 is 20.0 Å². The highest BCUT2D eigenvalue weighted by atomic mass is 35.5. The molecule has 2 heterocycles. The lowest BCUT2D eigenvalue weighted by molar-refractivity contribution is -0.154. The lowest BCUT2D eigenvalue weighted by atomic mass is 10.1. The molecule has 1 atom stereocenters. The van der Waals surface area contributed by atoms with E-state index in [0.717, 1.165) is 11.8 Å². The maximum absolute atomic E-state index is 12.4. The van der Waals surface area contributed by atoms with Crippen molar-refractivity contribution < 1.29 is 22.7 Å². The molecule has 0 aliphatic carbocycles. The van der Waals surface area contributed by atoms with Crippen molar-refractivity contribution in [2.75, 3.05) is 6.61 Å². The van der Waals surface area contributed by atoms with Crippen molar-refractivity contribution >= 4 is 28.5 Å². The summed E-state index contributed by atoms with van der Waals surface area (Å²) in [5.41, 5.74) is 1.70. The fourth-order valence-corrected chi connectivity index (χ4v) is 2.71. The van der Waals surface area contributed by atoms with E-state index in [2.05, 4.69) is 25.0 Å². The molecule has 0 spiro atoms. The minimum absolute atomic E-state index is 0.0624. The van der Waals surface area contributed by atoms with Crippen molar-refractivity contribution in [2.45, 2.75) is 19.1 Å². The van der Waals surface area contributed by atoms with Gasteiger partial charge in [-0.05, 0) is 30.7 Å². The number of nitrogens with zero attached hydrogens (tertiary/aromatic N) is 1. The van der Waals surface area contributed by atoms with E-state index in [0.29, 0.717) is 11.0 Å². The molecule has 28 heavy (non-hydrogen) atoms. The Bertz CT molecular complexity index is 1080. The van der Waals surface area contributed by atoms with Crippen LogP contribution in [0.2, 0.25) is 5.02 Å². The molecular weight excluding hydrogens is 401 g/mol. The van der Waals surface area contributed by atoms with Gasteiger partial charge in [-0.25, -0.2) is 9.78 Å². The van der Waals surface area contributed by atoms with Gasteiger partial charge in [-0.15, -0.1) is 0 Å². The Morgan fingerprint density at radius 1 is 1.29 bits per heavy atom. The second-order valence-electron chi connectivity index (χ2n) is 5.99. The number of halogens is 4. The average Bonchev–Trinajstić information content (AvgIpc) is 2.98. The van der Waals surface area contributed by atoms with E-state index in [1.54, 1.807) is 25.1 Å². The summed E-state index contributed by atoms with van der Waals surface area (Å²) in [7, 11) is 0. The van der Waals surface area contributed by atoms with Crippen LogP contribution in [-0.4, -0.2) is 33.6 Å². The summed E-state index contributed by atoms with van der Waals surface area (Å²) in [6.45, 7) is 0.200. The Balaban J connectivity index is 1.70. The highest BCUT2D eigenvalue weighted by Crippen LogP contribution is 2.25. The number of H-pyrrole nitrogens is 2. The van der Waals surface area contributed by atoms with E-state index < -0.39 is 30.6 Å². The van der Waals surface area contributed by atoms with Crippen LogP contribution < -0.4 is 15.7 Å². The number of aromatic nitrogens is 3. The maximum atomic E-state index is 12.4.